The second kappa shape index (κ2) is 6.40. The summed E-state index contributed by atoms with van der Waals surface area (Å²) in [4.78, 5) is 21.6. The van der Waals surface area contributed by atoms with Crippen molar-refractivity contribution >= 4 is 11.9 Å². The molecule has 4 heteroatoms. The average Bonchev–Trinajstić information content (AvgIpc) is 2.10. The summed E-state index contributed by atoms with van der Waals surface area (Å²) in [6, 6.07) is 0. The summed E-state index contributed by atoms with van der Waals surface area (Å²) < 4.78 is 4.96. The van der Waals surface area contributed by atoms with E-state index >= 15 is 0 Å². The van der Waals surface area contributed by atoms with Crippen molar-refractivity contribution in [1.29, 1.82) is 0 Å². The van der Waals surface area contributed by atoms with Crippen molar-refractivity contribution in [3.05, 3.63) is 0 Å². The van der Waals surface area contributed by atoms with E-state index in [2.05, 4.69) is 0 Å². The second-order valence-corrected chi connectivity index (χ2v) is 3.29. The lowest BCUT2D eigenvalue weighted by Crippen LogP contribution is -2.31. The van der Waals surface area contributed by atoms with Gasteiger partial charge in [-0.3, -0.25) is 9.59 Å². The van der Waals surface area contributed by atoms with Crippen molar-refractivity contribution in [3.63, 3.8) is 0 Å². The summed E-state index contributed by atoms with van der Waals surface area (Å²) in [5.74, 6) is -1.88. The molecule has 0 radical (unpaired) electrons. The molecule has 0 aliphatic rings. The number of rotatable bonds is 6. The van der Waals surface area contributed by atoms with Gasteiger partial charge in [0.2, 0.25) is 0 Å². The lowest BCUT2D eigenvalue weighted by Gasteiger charge is -2.21. The largest absolute Gasteiger partial charge is 0.481 e. The Hall–Kier alpha value is -1.06. The van der Waals surface area contributed by atoms with Crippen LogP contribution in [0.25, 0.3) is 0 Å². The van der Waals surface area contributed by atoms with E-state index in [1.807, 2.05) is 13.8 Å². The van der Waals surface area contributed by atoms with E-state index in [1.165, 1.54) is 6.92 Å². The first kappa shape index (κ1) is 12.9. The Morgan fingerprint density at radius 2 is 1.93 bits per heavy atom. The normalized spacial score (nSPS) is 14.5. The van der Waals surface area contributed by atoms with Crippen LogP contribution in [-0.4, -0.2) is 23.1 Å². The van der Waals surface area contributed by atoms with Gasteiger partial charge in [-0.15, -0.1) is 0 Å². The van der Waals surface area contributed by atoms with Gasteiger partial charge in [-0.2, -0.15) is 0 Å². The van der Waals surface area contributed by atoms with Crippen LogP contribution in [0.2, 0.25) is 0 Å². The molecule has 0 heterocycles. The molecule has 0 saturated carbocycles. The highest BCUT2D eigenvalue weighted by atomic mass is 16.5. The van der Waals surface area contributed by atoms with Gasteiger partial charge >= 0.3 is 11.9 Å². The van der Waals surface area contributed by atoms with Crippen molar-refractivity contribution in [2.24, 2.45) is 5.92 Å². The summed E-state index contributed by atoms with van der Waals surface area (Å²) in [6.07, 6.45) is 1.36. The van der Waals surface area contributed by atoms with E-state index < -0.39 is 24.0 Å². The van der Waals surface area contributed by atoms with Gasteiger partial charge in [-0.25, -0.2) is 0 Å². The Bertz CT molecular complexity index is 200. The number of esters is 1. The minimum absolute atomic E-state index is 0.417. The molecule has 0 fully saturated rings. The maximum Gasteiger partial charge on any atom is 0.310 e. The van der Waals surface area contributed by atoms with Crippen molar-refractivity contribution in [3.8, 4) is 0 Å². The van der Waals surface area contributed by atoms with Crippen LogP contribution in [0.3, 0.4) is 0 Å². The summed E-state index contributed by atoms with van der Waals surface area (Å²) in [6.45, 7) is 5.03. The highest BCUT2D eigenvalue weighted by Crippen LogP contribution is 2.18. The third-order valence-electron chi connectivity index (χ3n) is 2.09. The number of carbonyl (C=O) groups excluding carboxylic acids is 1. The highest BCUT2D eigenvalue weighted by Gasteiger charge is 2.28. The van der Waals surface area contributed by atoms with Gasteiger partial charge in [0.25, 0.3) is 0 Å². The molecule has 0 saturated heterocycles. The van der Waals surface area contributed by atoms with Crippen molar-refractivity contribution in [1.82, 2.24) is 0 Å². The molecule has 0 aliphatic carbocycles. The lowest BCUT2D eigenvalue weighted by molar-refractivity contribution is -0.157. The number of carboxylic acid groups (broad SMARTS) is 1. The molecule has 0 amide bonds. The molecule has 0 bridgehead atoms. The molecule has 2 unspecified atom stereocenters. The maximum atomic E-state index is 10.9. The maximum absolute atomic E-state index is 10.9. The third-order valence-corrected chi connectivity index (χ3v) is 2.09. The Morgan fingerprint density at radius 1 is 1.36 bits per heavy atom. The Morgan fingerprint density at radius 3 is 2.21 bits per heavy atom. The number of hydrogen-bond donors (Lipinski definition) is 1. The fourth-order valence-corrected chi connectivity index (χ4v) is 1.44. The number of ether oxygens (including phenoxy) is 1. The molecule has 82 valence electrons. The second-order valence-electron chi connectivity index (χ2n) is 3.29. The van der Waals surface area contributed by atoms with Crippen LogP contribution in [0.5, 0.6) is 0 Å². The fraction of sp³-hybridized carbons (Fsp3) is 0.800. The van der Waals surface area contributed by atoms with Crippen LogP contribution in [0, 0.1) is 5.92 Å². The fourth-order valence-electron chi connectivity index (χ4n) is 1.44. The molecule has 4 nitrogen and oxygen atoms in total. The summed E-state index contributed by atoms with van der Waals surface area (Å²) in [7, 11) is 0. The van der Waals surface area contributed by atoms with E-state index in [4.69, 9.17) is 9.84 Å². The molecule has 1 N–H and O–H groups in total. The van der Waals surface area contributed by atoms with Crippen LogP contribution in [0.15, 0.2) is 0 Å². The smallest absolute Gasteiger partial charge is 0.310 e. The number of aliphatic carboxylic acids is 1. The Kier molecular flexibility index (Phi) is 5.92. The van der Waals surface area contributed by atoms with Crippen molar-refractivity contribution in [2.45, 2.75) is 46.1 Å². The SMILES string of the molecule is CCCC(C(=O)O)C(CC)OC(C)=O. The van der Waals surface area contributed by atoms with Gasteiger partial charge < -0.3 is 9.84 Å². The molecule has 14 heavy (non-hydrogen) atoms. The highest BCUT2D eigenvalue weighted by molar-refractivity contribution is 5.72. The molecular weight excluding hydrogens is 184 g/mol. The molecule has 0 aromatic rings. The van der Waals surface area contributed by atoms with Gasteiger partial charge in [0.1, 0.15) is 6.10 Å². The first-order valence-electron chi connectivity index (χ1n) is 4.92. The Labute approximate surface area is 84.3 Å². The van der Waals surface area contributed by atoms with Crippen molar-refractivity contribution < 1.29 is 19.4 Å². The van der Waals surface area contributed by atoms with Gasteiger partial charge in [0.05, 0.1) is 5.92 Å². The van der Waals surface area contributed by atoms with E-state index in [9.17, 15) is 9.59 Å². The quantitative estimate of drug-likeness (QED) is 0.667. The predicted molar refractivity (Wildman–Crippen MR) is 51.9 cm³/mol. The van der Waals surface area contributed by atoms with Crippen LogP contribution in [-0.2, 0) is 14.3 Å². The zero-order chi connectivity index (χ0) is 11.1. The topological polar surface area (TPSA) is 63.6 Å². The zero-order valence-electron chi connectivity index (χ0n) is 8.95. The van der Waals surface area contributed by atoms with Crippen LogP contribution in [0.4, 0.5) is 0 Å². The molecule has 0 aliphatic heterocycles. The number of carboxylic acids is 1. The van der Waals surface area contributed by atoms with E-state index in [-0.39, 0.29) is 0 Å². The zero-order valence-corrected chi connectivity index (χ0v) is 8.95. The van der Waals surface area contributed by atoms with Crippen molar-refractivity contribution in [2.75, 3.05) is 0 Å². The minimum Gasteiger partial charge on any atom is -0.481 e. The van der Waals surface area contributed by atoms with E-state index in [0.717, 1.165) is 6.42 Å². The van der Waals surface area contributed by atoms with Crippen LogP contribution < -0.4 is 0 Å². The van der Waals surface area contributed by atoms with Crippen LogP contribution >= 0.6 is 0 Å². The summed E-state index contributed by atoms with van der Waals surface area (Å²) >= 11 is 0. The first-order valence-corrected chi connectivity index (χ1v) is 4.92. The minimum atomic E-state index is -0.889. The van der Waals surface area contributed by atoms with E-state index in [0.29, 0.717) is 12.8 Å². The molecule has 0 aromatic heterocycles. The number of carbonyl (C=O) groups is 2. The van der Waals surface area contributed by atoms with Gasteiger partial charge in [0.15, 0.2) is 0 Å². The van der Waals surface area contributed by atoms with Gasteiger partial charge in [0, 0.05) is 6.92 Å². The lowest BCUT2D eigenvalue weighted by atomic mass is 9.95. The molecule has 0 aromatic carbocycles. The van der Waals surface area contributed by atoms with Crippen LogP contribution in [0.1, 0.15) is 40.0 Å². The summed E-state index contributed by atoms with van der Waals surface area (Å²) in [5, 5.41) is 8.93. The summed E-state index contributed by atoms with van der Waals surface area (Å²) in [5.41, 5.74) is 0. The standard InChI is InChI=1S/C10H18O4/c1-4-6-8(10(12)13)9(5-2)14-7(3)11/h8-9H,4-6H2,1-3H3,(H,12,13). The average molecular weight is 202 g/mol. The Balaban J connectivity index is 4.40. The molecular formula is C10H18O4. The molecule has 2 atom stereocenters. The molecule has 0 rings (SSSR count). The molecule has 0 spiro atoms. The predicted octanol–water partition coefficient (Wildman–Crippen LogP) is 1.83. The van der Waals surface area contributed by atoms with E-state index in [1.54, 1.807) is 0 Å². The first-order chi connectivity index (χ1) is 6.52. The third kappa shape index (κ3) is 4.25. The number of hydrogen-bond acceptors (Lipinski definition) is 3. The monoisotopic (exact) mass is 202 g/mol. The van der Waals surface area contributed by atoms with Gasteiger partial charge in [-0.1, -0.05) is 20.3 Å². The van der Waals surface area contributed by atoms with Gasteiger partial charge in [-0.05, 0) is 12.8 Å².